The predicted molar refractivity (Wildman–Crippen MR) is 81.3 cm³/mol. The van der Waals surface area contributed by atoms with E-state index < -0.39 is 0 Å². The molecule has 0 saturated carbocycles. The molecule has 0 aromatic carbocycles. The van der Waals surface area contributed by atoms with Gasteiger partial charge >= 0.3 is 0 Å². The number of carbonyl (C=O) groups is 1. The third-order valence-corrected chi connectivity index (χ3v) is 3.13. The number of aromatic nitrogens is 1. The highest BCUT2D eigenvalue weighted by Crippen LogP contribution is 2.13. The first-order valence-electron chi connectivity index (χ1n) is 6.24. The number of nitrogens with zero attached hydrogens (tertiary/aromatic N) is 2. The Morgan fingerprint density at radius 2 is 2.11 bits per heavy atom. The number of rotatable bonds is 4. The van der Waals surface area contributed by atoms with Crippen molar-refractivity contribution >= 4 is 30.7 Å². The van der Waals surface area contributed by atoms with Crippen molar-refractivity contribution < 1.29 is 4.79 Å². The summed E-state index contributed by atoms with van der Waals surface area (Å²) >= 11 is 0. The fourth-order valence-corrected chi connectivity index (χ4v) is 2.26. The van der Waals surface area contributed by atoms with E-state index >= 15 is 0 Å². The van der Waals surface area contributed by atoms with Crippen molar-refractivity contribution in [3.8, 4) is 0 Å². The molecule has 1 unspecified atom stereocenters. The molecule has 1 fully saturated rings. The quantitative estimate of drug-likeness (QED) is 0.927. The average molecular weight is 306 g/mol. The zero-order valence-electron chi connectivity index (χ0n) is 11.0. The molecule has 1 saturated heterocycles. The van der Waals surface area contributed by atoms with Gasteiger partial charge in [0.05, 0.1) is 0 Å². The van der Waals surface area contributed by atoms with Crippen LogP contribution in [0.25, 0.3) is 0 Å². The van der Waals surface area contributed by atoms with Gasteiger partial charge in [-0.15, -0.1) is 24.8 Å². The zero-order chi connectivity index (χ0) is 12.1. The fourth-order valence-electron chi connectivity index (χ4n) is 2.26. The first-order chi connectivity index (χ1) is 8.33. The molecule has 2 rings (SSSR count). The van der Waals surface area contributed by atoms with Gasteiger partial charge in [-0.2, -0.15) is 0 Å². The maximum absolute atomic E-state index is 12.4. The van der Waals surface area contributed by atoms with Gasteiger partial charge in [0, 0.05) is 37.1 Å². The summed E-state index contributed by atoms with van der Waals surface area (Å²) in [5.74, 6) is 0.128. The van der Waals surface area contributed by atoms with Crippen molar-refractivity contribution in [1.29, 1.82) is 0 Å². The molecule has 6 heteroatoms. The van der Waals surface area contributed by atoms with Crippen LogP contribution in [0.5, 0.6) is 0 Å². The predicted octanol–water partition coefficient (Wildman–Crippen LogP) is 2.14. The molecule has 2 heterocycles. The Morgan fingerprint density at radius 3 is 2.63 bits per heavy atom. The number of halogens is 2. The molecule has 4 nitrogen and oxygen atoms in total. The molecule has 0 radical (unpaired) electrons. The van der Waals surface area contributed by atoms with E-state index in [4.69, 9.17) is 0 Å². The highest BCUT2D eigenvalue weighted by atomic mass is 35.5. The van der Waals surface area contributed by atoms with Gasteiger partial charge in [0.1, 0.15) is 0 Å². The molecule has 19 heavy (non-hydrogen) atoms. The SMILES string of the molecule is CCCN(C(=O)c1ccncc1)C1CCNC1.Cl.Cl. The van der Waals surface area contributed by atoms with Gasteiger partial charge in [0.25, 0.3) is 5.91 Å². The Morgan fingerprint density at radius 1 is 1.42 bits per heavy atom. The third kappa shape index (κ3) is 4.64. The normalized spacial score (nSPS) is 17.2. The molecule has 1 aromatic rings. The number of amides is 1. The van der Waals surface area contributed by atoms with E-state index in [0.29, 0.717) is 6.04 Å². The summed E-state index contributed by atoms with van der Waals surface area (Å²) < 4.78 is 0. The summed E-state index contributed by atoms with van der Waals surface area (Å²) in [6.45, 7) is 4.86. The molecular weight excluding hydrogens is 285 g/mol. The number of nitrogens with one attached hydrogen (secondary N) is 1. The Hall–Kier alpha value is -0.840. The molecule has 0 spiro atoms. The molecule has 1 aliphatic heterocycles. The Bertz CT molecular complexity index is 369. The highest BCUT2D eigenvalue weighted by Gasteiger charge is 2.26. The minimum absolute atomic E-state index is 0. The number of pyridine rings is 1. The molecule has 0 bridgehead atoms. The summed E-state index contributed by atoms with van der Waals surface area (Å²) in [7, 11) is 0. The van der Waals surface area contributed by atoms with Crippen molar-refractivity contribution in [2.24, 2.45) is 0 Å². The van der Waals surface area contributed by atoms with Crippen LogP contribution in [0.1, 0.15) is 30.1 Å². The molecule has 1 amide bonds. The van der Waals surface area contributed by atoms with Crippen LogP contribution in [0.3, 0.4) is 0 Å². The van der Waals surface area contributed by atoms with Crippen LogP contribution in [-0.2, 0) is 0 Å². The number of hydrogen-bond donors (Lipinski definition) is 1. The lowest BCUT2D eigenvalue weighted by molar-refractivity contribution is 0.0692. The van der Waals surface area contributed by atoms with Crippen LogP contribution in [0.4, 0.5) is 0 Å². The molecule has 1 atom stereocenters. The van der Waals surface area contributed by atoms with Crippen LogP contribution in [0, 0.1) is 0 Å². The van der Waals surface area contributed by atoms with Crippen LogP contribution in [0.2, 0.25) is 0 Å². The Balaban J connectivity index is 0.00000162. The first-order valence-corrected chi connectivity index (χ1v) is 6.24. The van der Waals surface area contributed by atoms with E-state index in [1.165, 1.54) is 0 Å². The lowest BCUT2D eigenvalue weighted by atomic mass is 10.1. The van der Waals surface area contributed by atoms with E-state index in [9.17, 15) is 4.79 Å². The van der Waals surface area contributed by atoms with Crippen LogP contribution in [-0.4, -0.2) is 41.5 Å². The maximum atomic E-state index is 12.4. The smallest absolute Gasteiger partial charge is 0.254 e. The van der Waals surface area contributed by atoms with E-state index in [0.717, 1.165) is 38.0 Å². The molecule has 108 valence electrons. The van der Waals surface area contributed by atoms with Gasteiger partial charge in [0.2, 0.25) is 0 Å². The fraction of sp³-hybridized carbons (Fsp3) is 0.538. The van der Waals surface area contributed by atoms with Gasteiger partial charge in [-0.3, -0.25) is 9.78 Å². The van der Waals surface area contributed by atoms with Gasteiger partial charge in [-0.05, 0) is 31.5 Å². The van der Waals surface area contributed by atoms with Crippen molar-refractivity contribution in [1.82, 2.24) is 15.2 Å². The van der Waals surface area contributed by atoms with Crippen molar-refractivity contribution in [3.63, 3.8) is 0 Å². The second kappa shape index (κ2) is 9.13. The summed E-state index contributed by atoms with van der Waals surface area (Å²) in [4.78, 5) is 18.3. The lowest BCUT2D eigenvalue weighted by Crippen LogP contribution is -2.42. The summed E-state index contributed by atoms with van der Waals surface area (Å²) in [6.07, 6.45) is 5.39. The van der Waals surface area contributed by atoms with Gasteiger partial charge < -0.3 is 10.2 Å². The minimum atomic E-state index is 0. The largest absolute Gasteiger partial charge is 0.334 e. The standard InChI is InChI=1S/C13H19N3O.2ClH/c1-2-9-16(12-5-8-15-10-12)13(17)11-3-6-14-7-4-11;;/h3-4,6-7,12,15H,2,5,8-10H2,1H3;2*1H. The topological polar surface area (TPSA) is 45.2 Å². The zero-order valence-corrected chi connectivity index (χ0v) is 12.7. The van der Waals surface area contributed by atoms with Crippen molar-refractivity contribution in [2.75, 3.05) is 19.6 Å². The van der Waals surface area contributed by atoms with E-state index in [-0.39, 0.29) is 30.7 Å². The molecular formula is C13H21Cl2N3O. The number of hydrogen-bond acceptors (Lipinski definition) is 3. The van der Waals surface area contributed by atoms with Crippen LogP contribution in [0.15, 0.2) is 24.5 Å². The van der Waals surface area contributed by atoms with Crippen molar-refractivity contribution in [2.45, 2.75) is 25.8 Å². The number of carbonyl (C=O) groups excluding carboxylic acids is 1. The van der Waals surface area contributed by atoms with Crippen molar-refractivity contribution in [3.05, 3.63) is 30.1 Å². The summed E-state index contributed by atoms with van der Waals surface area (Å²) in [6, 6.07) is 3.91. The summed E-state index contributed by atoms with van der Waals surface area (Å²) in [5, 5.41) is 3.31. The first kappa shape index (κ1) is 18.2. The highest BCUT2D eigenvalue weighted by molar-refractivity contribution is 5.94. The monoisotopic (exact) mass is 305 g/mol. The van der Waals surface area contributed by atoms with E-state index in [1.54, 1.807) is 24.5 Å². The summed E-state index contributed by atoms with van der Waals surface area (Å²) in [5.41, 5.74) is 0.736. The minimum Gasteiger partial charge on any atom is -0.334 e. The van der Waals surface area contributed by atoms with Crippen LogP contribution < -0.4 is 5.32 Å². The molecule has 0 aliphatic carbocycles. The second-order valence-corrected chi connectivity index (χ2v) is 4.38. The average Bonchev–Trinajstić information content (AvgIpc) is 2.90. The van der Waals surface area contributed by atoms with Gasteiger partial charge in [-0.25, -0.2) is 0 Å². The third-order valence-electron chi connectivity index (χ3n) is 3.13. The van der Waals surface area contributed by atoms with E-state index in [1.807, 2.05) is 4.90 Å². The second-order valence-electron chi connectivity index (χ2n) is 4.38. The molecule has 1 aromatic heterocycles. The molecule has 1 aliphatic rings. The van der Waals surface area contributed by atoms with E-state index in [2.05, 4.69) is 17.2 Å². The Labute approximate surface area is 126 Å². The molecule has 1 N–H and O–H groups in total. The van der Waals surface area contributed by atoms with Gasteiger partial charge in [-0.1, -0.05) is 6.92 Å². The maximum Gasteiger partial charge on any atom is 0.254 e. The lowest BCUT2D eigenvalue weighted by Gasteiger charge is -2.28. The van der Waals surface area contributed by atoms with Crippen LogP contribution >= 0.6 is 24.8 Å². The Kier molecular flexibility index (Phi) is 8.72. The van der Waals surface area contributed by atoms with Gasteiger partial charge in [0.15, 0.2) is 0 Å².